The number of nitrogens with one attached hydrogen (secondary N) is 1. The normalized spacial score (nSPS) is 21.3. The van der Waals surface area contributed by atoms with Crippen molar-refractivity contribution < 1.29 is 9.53 Å². The molecule has 0 bridgehead atoms. The number of aromatic nitrogens is 1. The Bertz CT molecular complexity index is 649. The molecule has 0 fully saturated rings. The molecule has 2 aliphatic heterocycles. The van der Waals surface area contributed by atoms with Crippen molar-refractivity contribution in [2.75, 3.05) is 14.2 Å². The van der Waals surface area contributed by atoms with Crippen molar-refractivity contribution in [3.63, 3.8) is 0 Å². The van der Waals surface area contributed by atoms with Gasteiger partial charge in [-0.1, -0.05) is 13.0 Å². The van der Waals surface area contributed by atoms with Gasteiger partial charge in [-0.05, 0) is 18.6 Å². The van der Waals surface area contributed by atoms with E-state index < -0.39 is 0 Å². The minimum atomic E-state index is -0.0703. The van der Waals surface area contributed by atoms with E-state index in [4.69, 9.17) is 4.74 Å². The number of amides is 1. The molecule has 0 spiro atoms. The van der Waals surface area contributed by atoms with Gasteiger partial charge in [0.25, 0.3) is 5.91 Å². The first-order valence-electron chi connectivity index (χ1n) is 7.13. The number of allylic oxidation sites excluding steroid dienone is 1. The van der Waals surface area contributed by atoms with Crippen LogP contribution in [0, 0.1) is 0 Å². The van der Waals surface area contributed by atoms with E-state index in [-0.39, 0.29) is 12.1 Å². The summed E-state index contributed by atoms with van der Waals surface area (Å²) in [6.07, 6.45) is 5.24. The standard InChI is InChI=1S/C16H19N3O2/c1-4-10-14-11(6-5-9-17-14)16(20)19(2)12-7-8-13(21-3)18-15(10)12/h5-7,9,13,18H,4,8H2,1-3H3. The highest BCUT2D eigenvalue weighted by molar-refractivity contribution is 6.02. The highest BCUT2D eigenvalue weighted by Crippen LogP contribution is 2.34. The van der Waals surface area contributed by atoms with Crippen LogP contribution < -0.4 is 5.32 Å². The highest BCUT2D eigenvalue weighted by Gasteiger charge is 2.32. The third-order valence-corrected chi connectivity index (χ3v) is 4.02. The quantitative estimate of drug-likeness (QED) is 0.904. The molecule has 5 nitrogen and oxygen atoms in total. The summed E-state index contributed by atoms with van der Waals surface area (Å²) in [5, 5.41) is 3.39. The number of hydrogen-bond donors (Lipinski definition) is 1. The molecule has 1 aromatic rings. The number of hydrogen-bond acceptors (Lipinski definition) is 4. The second-order valence-electron chi connectivity index (χ2n) is 5.16. The molecule has 0 aromatic carbocycles. The summed E-state index contributed by atoms with van der Waals surface area (Å²) in [7, 11) is 3.48. The maximum absolute atomic E-state index is 12.7. The van der Waals surface area contributed by atoms with Crippen molar-refractivity contribution in [2.45, 2.75) is 26.0 Å². The molecule has 3 heterocycles. The van der Waals surface area contributed by atoms with Gasteiger partial charge in [-0.25, -0.2) is 0 Å². The van der Waals surface area contributed by atoms with Crippen molar-refractivity contribution in [3.05, 3.63) is 47.1 Å². The molecule has 0 saturated carbocycles. The number of likely N-dealkylation sites (N-methyl/N-ethyl adjacent to an activating group) is 1. The van der Waals surface area contributed by atoms with Gasteiger partial charge in [0.05, 0.1) is 22.7 Å². The summed E-state index contributed by atoms with van der Waals surface area (Å²) in [5.74, 6) is -0.0250. The zero-order chi connectivity index (χ0) is 15.0. The van der Waals surface area contributed by atoms with Crippen molar-refractivity contribution in [2.24, 2.45) is 0 Å². The Morgan fingerprint density at radius 3 is 3.05 bits per heavy atom. The van der Waals surface area contributed by atoms with E-state index >= 15 is 0 Å². The van der Waals surface area contributed by atoms with Gasteiger partial charge in [0, 0.05) is 32.3 Å². The van der Waals surface area contributed by atoms with Gasteiger partial charge in [0.2, 0.25) is 0 Å². The molecule has 0 radical (unpaired) electrons. The zero-order valence-electron chi connectivity index (χ0n) is 12.5. The van der Waals surface area contributed by atoms with Crippen molar-refractivity contribution in [3.8, 4) is 0 Å². The molecule has 3 rings (SSSR count). The Morgan fingerprint density at radius 2 is 2.33 bits per heavy atom. The summed E-state index contributed by atoms with van der Waals surface area (Å²) >= 11 is 0. The largest absolute Gasteiger partial charge is 0.362 e. The molecule has 0 aliphatic carbocycles. The average Bonchev–Trinajstić information content (AvgIpc) is 2.62. The number of fused-ring (bicyclic) bond motifs is 2. The fourth-order valence-electron chi connectivity index (χ4n) is 2.89. The number of ether oxygens (including phenoxy) is 1. The van der Waals surface area contributed by atoms with Crippen molar-refractivity contribution >= 4 is 11.5 Å². The minimum absolute atomic E-state index is 0.0250. The molecule has 1 atom stereocenters. The van der Waals surface area contributed by atoms with Crippen molar-refractivity contribution in [1.29, 1.82) is 0 Å². The van der Waals surface area contributed by atoms with Crippen LogP contribution in [0.3, 0.4) is 0 Å². The van der Waals surface area contributed by atoms with Crippen LogP contribution >= 0.6 is 0 Å². The Morgan fingerprint density at radius 1 is 1.52 bits per heavy atom. The lowest BCUT2D eigenvalue weighted by Crippen LogP contribution is -2.38. The maximum atomic E-state index is 12.7. The van der Waals surface area contributed by atoms with Crippen molar-refractivity contribution in [1.82, 2.24) is 15.2 Å². The van der Waals surface area contributed by atoms with Crippen LogP contribution in [0.2, 0.25) is 0 Å². The summed E-state index contributed by atoms with van der Waals surface area (Å²) in [6, 6.07) is 3.64. The minimum Gasteiger partial charge on any atom is -0.362 e. The maximum Gasteiger partial charge on any atom is 0.260 e. The fourth-order valence-corrected chi connectivity index (χ4v) is 2.89. The summed E-state index contributed by atoms with van der Waals surface area (Å²) in [6.45, 7) is 2.08. The number of carbonyl (C=O) groups is 1. The van der Waals surface area contributed by atoms with E-state index in [0.29, 0.717) is 5.56 Å². The zero-order valence-corrected chi connectivity index (χ0v) is 12.5. The Labute approximate surface area is 124 Å². The van der Waals surface area contributed by atoms with Crippen LogP contribution in [0.15, 0.2) is 35.8 Å². The van der Waals surface area contributed by atoms with Gasteiger partial charge >= 0.3 is 0 Å². The Hall–Kier alpha value is -2.14. The highest BCUT2D eigenvalue weighted by atomic mass is 16.5. The van der Waals surface area contributed by atoms with Crippen LogP contribution in [0.4, 0.5) is 0 Å². The Balaban J connectivity index is 2.25. The van der Waals surface area contributed by atoms with Gasteiger partial charge in [-0.2, -0.15) is 0 Å². The molecule has 1 amide bonds. The fraction of sp³-hybridized carbons (Fsp3) is 0.375. The lowest BCUT2D eigenvalue weighted by atomic mass is 10.00. The van der Waals surface area contributed by atoms with Gasteiger partial charge in [-0.15, -0.1) is 0 Å². The molecule has 1 N–H and O–H groups in total. The van der Waals surface area contributed by atoms with E-state index in [1.54, 1.807) is 31.3 Å². The number of pyridine rings is 1. The first kappa shape index (κ1) is 13.8. The van der Waals surface area contributed by atoms with E-state index in [1.807, 2.05) is 6.07 Å². The van der Waals surface area contributed by atoms with Crippen LogP contribution in [-0.2, 0) is 4.74 Å². The molecule has 2 aliphatic rings. The van der Waals surface area contributed by atoms with Crippen LogP contribution in [0.25, 0.3) is 5.57 Å². The van der Waals surface area contributed by atoms with Gasteiger partial charge in [-0.3, -0.25) is 9.78 Å². The molecular formula is C16H19N3O2. The smallest absolute Gasteiger partial charge is 0.260 e. The first-order chi connectivity index (χ1) is 10.2. The number of rotatable bonds is 2. The predicted octanol–water partition coefficient (Wildman–Crippen LogP) is 2.14. The predicted molar refractivity (Wildman–Crippen MR) is 80.2 cm³/mol. The average molecular weight is 285 g/mol. The third-order valence-electron chi connectivity index (χ3n) is 4.02. The van der Waals surface area contributed by atoms with E-state index in [2.05, 4.69) is 23.3 Å². The molecular weight excluding hydrogens is 266 g/mol. The molecule has 1 unspecified atom stereocenters. The lowest BCUT2D eigenvalue weighted by molar-refractivity contribution is 0.0751. The number of methoxy groups -OCH3 is 1. The molecule has 21 heavy (non-hydrogen) atoms. The lowest BCUT2D eigenvalue weighted by Gasteiger charge is -2.30. The first-order valence-corrected chi connectivity index (χ1v) is 7.13. The summed E-state index contributed by atoms with van der Waals surface area (Å²) < 4.78 is 5.41. The van der Waals surface area contributed by atoms with E-state index in [1.165, 1.54) is 0 Å². The summed E-state index contributed by atoms with van der Waals surface area (Å²) in [5.41, 5.74) is 4.32. The molecule has 5 heteroatoms. The van der Waals surface area contributed by atoms with E-state index in [9.17, 15) is 4.79 Å². The second-order valence-corrected chi connectivity index (χ2v) is 5.16. The van der Waals surface area contributed by atoms with Gasteiger partial charge < -0.3 is 15.0 Å². The number of nitrogens with zero attached hydrogens (tertiary/aromatic N) is 2. The van der Waals surface area contributed by atoms with Crippen LogP contribution in [0.5, 0.6) is 0 Å². The van der Waals surface area contributed by atoms with Crippen LogP contribution in [0.1, 0.15) is 35.8 Å². The Kier molecular flexibility index (Phi) is 3.51. The number of carbonyl (C=O) groups excluding carboxylic acids is 1. The van der Waals surface area contributed by atoms with Gasteiger partial charge in [0.15, 0.2) is 0 Å². The molecule has 0 saturated heterocycles. The monoisotopic (exact) mass is 285 g/mol. The second kappa shape index (κ2) is 5.33. The topological polar surface area (TPSA) is 54.5 Å². The third kappa shape index (κ3) is 2.14. The molecule has 110 valence electrons. The SMILES string of the molecule is CCC1=C2NC(OC)CC=C2N(C)C(=O)c2cccnc21. The van der Waals surface area contributed by atoms with Gasteiger partial charge in [0.1, 0.15) is 6.23 Å². The van der Waals surface area contributed by atoms with Crippen LogP contribution in [-0.4, -0.2) is 36.2 Å². The summed E-state index contributed by atoms with van der Waals surface area (Å²) in [4.78, 5) is 18.8. The molecule has 1 aromatic heterocycles. The van der Waals surface area contributed by atoms with E-state index in [0.717, 1.165) is 35.5 Å².